The smallest absolute Gasteiger partial charge is 0.112 e. The van der Waals surface area contributed by atoms with E-state index >= 15 is 0 Å². The fourth-order valence-electron chi connectivity index (χ4n) is 5.12. The van der Waals surface area contributed by atoms with Crippen LogP contribution in [-0.4, -0.2) is 43.1 Å². The molecule has 1 fully saturated rings. The summed E-state index contributed by atoms with van der Waals surface area (Å²) < 4.78 is 19.8. The molecule has 182 valence electrons. The molecule has 1 heterocycles. The van der Waals surface area contributed by atoms with Crippen LogP contribution in [0.4, 0.5) is 0 Å². The highest BCUT2D eigenvalue weighted by Crippen LogP contribution is 2.40. The third-order valence-electron chi connectivity index (χ3n) is 6.82. The second kappa shape index (κ2) is 11.8. The Hall–Kier alpha value is -2.80. The van der Waals surface area contributed by atoms with Crippen molar-refractivity contribution in [3.8, 4) is 0 Å². The van der Waals surface area contributed by atoms with Gasteiger partial charge in [0.1, 0.15) is 12.2 Å². The van der Waals surface area contributed by atoms with E-state index in [1.165, 1.54) is 0 Å². The largest absolute Gasteiger partial charge is 0.370 e. The second-order valence-electron chi connectivity index (χ2n) is 9.06. The molecule has 0 radical (unpaired) electrons. The molecule has 0 spiro atoms. The van der Waals surface area contributed by atoms with Crippen molar-refractivity contribution in [2.45, 2.75) is 44.2 Å². The van der Waals surface area contributed by atoms with Crippen molar-refractivity contribution in [1.82, 2.24) is 5.06 Å². The van der Waals surface area contributed by atoms with Gasteiger partial charge < -0.3 is 19.0 Å². The van der Waals surface area contributed by atoms with Gasteiger partial charge in [-0.25, -0.2) is 0 Å². The van der Waals surface area contributed by atoms with Crippen LogP contribution in [0, 0.1) is 5.92 Å². The lowest BCUT2D eigenvalue weighted by molar-refractivity contribution is -0.198. The van der Waals surface area contributed by atoms with Gasteiger partial charge in [-0.1, -0.05) is 103 Å². The molecule has 0 amide bonds. The first kappa shape index (κ1) is 23.9. The molecule has 5 heteroatoms. The minimum absolute atomic E-state index is 0.00439. The molecule has 5 atom stereocenters. The molecule has 35 heavy (non-hydrogen) atoms. The molecule has 1 aliphatic carbocycles. The lowest BCUT2D eigenvalue weighted by atomic mass is 9.97. The molecular formula is C30H33NO4. The van der Waals surface area contributed by atoms with E-state index in [4.69, 9.17) is 19.0 Å². The van der Waals surface area contributed by atoms with Crippen molar-refractivity contribution < 1.29 is 19.0 Å². The molecule has 0 aromatic heterocycles. The van der Waals surface area contributed by atoms with Crippen LogP contribution < -0.4 is 0 Å². The van der Waals surface area contributed by atoms with Crippen LogP contribution in [0.25, 0.3) is 0 Å². The highest BCUT2D eigenvalue weighted by Gasteiger charge is 2.55. The fraction of sp³-hybridized carbons (Fsp3) is 0.333. The first-order chi connectivity index (χ1) is 17.3. The summed E-state index contributed by atoms with van der Waals surface area (Å²) >= 11 is 0. The monoisotopic (exact) mass is 471 g/mol. The standard InChI is InChI=1S/C30H33NO4/c1-32-31-19-11-18-26-27(31)29(34-21-24-14-7-3-8-15-24)30(35-22-25-16-9-4-10-17-25)28(26)33-20-23-12-5-2-6-13-23/h2-18,26-30H,19-22H2,1H3/t26-,27+,28+,29-,30-/m0/s1. The Bertz CT molecular complexity index is 1060. The van der Waals surface area contributed by atoms with Gasteiger partial charge in [0.25, 0.3) is 0 Å². The number of nitrogens with zero attached hydrogens (tertiary/aromatic N) is 1. The van der Waals surface area contributed by atoms with Crippen molar-refractivity contribution >= 4 is 0 Å². The molecule has 1 aliphatic heterocycles. The molecule has 0 N–H and O–H groups in total. The first-order valence-electron chi connectivity index (χ1n) is 12.3. The molecule has 0 bridgehead atoms. The van der Waals surface area contributed by atoms with Gasteiger partial charge in [0.2, 0.25) is 0 Å². The Kier molecular flexibility index (Phi) is 8.03. The molecule has 3 aromatic carbocycles. The van der Waals surface area contributed by atoms with Gasteiger partial charge in [0, 0.05) is 12.5 Å². The molecule has 1 saturated carbocycles. The van der Waals surface area contributed by atoms with Crippen LogP contribution in [0.2, 0.25) is 0 Å². The van der Waals surface area contributed by atoms with Gasteiger partial charge >= 0.3 is 0 Å². The van der Waals surface area contributed by atoms with Crippen LogP contribution in [-0.2, 0) is 38.9 Å². The minimum atomic E-state index is -0.252. The highest BCUT2D eigenvalue weighted by atomic mass is 16.7. The van der Waals surface area contributed by atoms with Crippen LogP contribution in [0.5, 0.6) is 0 Å². The summed E-state index contributed by atoms with van der Waals surface area (Å²) in [6, 6.07) is 30.8. The number of hydroxylamine groups is 2. The maximum absolute atomic E-state index is 6.61. The molecule has 5 nitrogen and oxygen atoms in total. The van der Waals surface area contributed by atoms with Crippen LogP contribution in [0.3, 0.4) is 0 Å². The summed E-state index contributed by atoms with van der Waals surface area (Å²) in [7, 11) is 1.72. The van der Waals surface area contributed by atoms with Gasteiger partial charge in [0.05, 0.1) is 39.1 Å². The molecule has 2 aliphatic rings. The lowest BCUT2D eigenvalue weighted by Crippen LogP contribution is -2.48. The second-order valence-corrected chi connectivity index (χ2v) is 9.06. The van der Waals surface area contributed by atoms with Gasteiger partial charge in [-0.3, -0.25) is 0 Å². The molecule has 0 saturated heterocycles. The zero-order valence-corrected chi connectivity index (χ0v) is 20.1. The molecular weight excluding hydrogens is 438 g/mol. The van der Waals surface area contributed by atoms with Gasteiger partial charge in [-0.2, -0.15) is 5.06 Å². The topological polar surface area (TPSA) is 40.2 Å². The molecule has 0 unspecified atom stereocenters. The number of benzene rings is 3. The maximum atomic E-state index is 6.61. The van der Waals surface area contributed by atoms with Crippen LogP contribution >= 0.6 is 0 Å². The summed E-state index contributed by atoms with van der Waals surface area (Å²) in [5.41, 5.74) is 3.41. The number of rotatable bonds is 10. The Morgan fingerprint density at radius 3 is 1.57 bits per heavy atom. The average molecular weight is 472 g/mol. The Labute approximate surface area is 207 Å². The summed E-state index contributed by atoms with van der Waals surface area (Å²) in [5.74, 6) is 0.0916. The Balaban J connectivity index is 1.41. The normalized spacial score (nSPS) is 26.0. The van der Waals surface area contributed by atoms with Gasteiger partial charge in [-0.15, -0.1) is 0 Å². The Morgan fingerprint density at radius 1 is 0.629 bits per heavy atom. The van der Waals surface area contributed by atoms with E-state index in [1.807, 2.05) is 59.7 Å². The molecule has 5 rings (SSSR count). The van der Waals surface area contributed by atoms with Crippen molar-refractivity contribution in [1.29, 1.82) is 0 Å². The lowest BCUT2D eigenvalue weighted by Gasteiger charge is -2.36. The SMILES string of the molecule is CON1CC=C[C@@H]2[C@@H](OCc3ccccc3)[C@H](OCc3ccccc3)[C@@H](OCc3ccccc3)[C@@H]21. The number of fused-ring (bicyclic) bond motifs is 1. The van der Waals surface area contributed by atoms with E-state index < -0.39 is 0 Å². The van der Waals surface area contributed by atoms with Gasteiger partial charge in [-0.05, 0) is 16.7 Å². The predicted molar refractivity (Wildman–Crippen MR) is 135 cm³/mol. The van der Waals surface area contributed by atoms with E-state index in [0.29, 0.717) is 26.4 Å². The zero-order valence-electron chi connectivity index (χ0n) is 20.1. The van der Waals surface area contributed by atoms with E-state index in [1.54, 1.807) is 7.11 Å². The van der Waals surface area contributed by atoms with Crippen molar-refractivity contribution in [2.24, 2.45) is 5.92 Å². The van der Waals surface area contributed by atoms with E-state index in [-0.39, 0.29) is 30.3 Å². The average Bonchev–Trinajstić information content (AvgIpc) is 3.23. The van der Waals surface area contributed by atoms with E-state index in [9.17, 15) is 0 Å². The quantitative estimate of drug-likeness (QED) is 0.382. The number of hydrogen-bond donors (Lipinski definition) is 0. The summed E-state index contributed by atoms with van der Waals surface area (Å²) in [6.45, 7) is 2.23. The van der Waals surface area contributed by atoms with Crippen molar-refractivity contribution in [2.75, 3.05) is 13.7 Å². The highest BCUT2D eigenvalue weighted by molar-refractivity contribution is 5.19. The van der Waals surface area contributed by atoms with E-state index in [2.05, 4.69) is 48.6 Å². The summed E-state index contributed by atoms with van der Waals surface area (Å²) in [6.07, 6.45) is 3.77. The summed E-state index contributed by atoms with van der Waals surface area (Å²) in [5, 5.41) is 2.01. The zero-order chi connectivity index (χ0) is 23.9. The third-order valence-corrected chi connectivity index (χ3v) is 6.82. The van der Waals surface area contributed by atoms with Crippen molar-refractivity contribution in [3.63, 3.8) is 0 Å². The van der Waals surface area contributed by atoms with Gasteiger partial charge in [0.15, 0.2) is 0 Å². The maximum Gasteiger partial charge on any atom is 0.112 e. The predicted octanol–water partition coefficient (Wildman–Crippen LogP) is 5.17. The molecule has 3 aromatic rings. The number of ether oxygens (including phenoxy) is 3. The number of hydrogen-bond acceptors (Lipinski definition) is 5. The Morgan fingerprint density at radius 2 is 1.09 bits per heavy atom. The van der Waals surface area contributed by atoms with E-state index in [0.717, 1.165) is 16.7 Å². The minimum Gasteiger partial charge on any atom is -0.370 e. The van der Waals surface area contributed by atoms with Crippen molar-refractivity contribution in [3.05, 3.63) is 120 Å². The first-order valence-corrected chi connectivity index (χ1v) is 12.3. The third kappa shape index (κ3) is 5.72. The van der Waals surface area contributed by atoms with Crippen LogP contribution in [0.15, 0.2) is 103 Å². The fourth-order valence-corrected chi connectivity index (χ4v) is 5.12. The van der Waals surface area contributed by atoms with Crippen LogP contribution in [0.1, 0.15) is 16.7 Å². The summed E-state index contributed by atoms with van der Waals surface area (Å²) in [4.78, 5) is 5.80.